The first-order valence-corrected chi connectivity index (χ1v) is 20.7. The number of aryl methyl sites for hydroxylation is 1. The van der Waals surface area contributed by atoms with Gasteiger partial charge in [-0.15, -0.1) is 0 Å². The molecule has 0 saturated carbocycles. The fourth-order valence-corrected chi connectivity index (χ4v) is 13.6. The third-order valence-electron chi connectivity index (χ3n) is 7.05. The number of phenolic OH excluding ortho intramolecular Hbond substituents is 2. The normalized spacial score (nSPS) is 11.5. The molecule has 0 radical (unpaired) electrons. The van der Waals surface area contributed by atoms with Gasteiger partial charge in [0.2, 0.25) is 0 Å². The molecule has 0 aliphatic heterocycles. The molecule has 3 nitrogen and oxygen atoms in total. The molecule has 2 N–H and O–H groups in total. The average Bonchev–Trinajstić information content (AvgIpc) is 3.12. The Balaban J connectivity index is -0.000000278. The Labute approximate surface area is 288 Å². The van der Waals surface area contributed by atoms with E-state index in [1.54, 1.807) is 12.1 Å². The third kappa shape index (κ3) is 13.3. The summed E-state index contributed by atoms with van der Waals surface area (Å²) in [7, 11) is -3.19. The number of fused-ring (bicyclic) bond motifs is 3. The van der Waals surface area contributed by atoms with Gasteiger partial charge in [-0.25, -0.2) is 0 Å². The zero-order valence-electron chi connectivity index (χ0n) is 25.5. The van der Waals surface area contributed by atoms with Gasteiger partial charge in [0.15, 0.2) is 16.6 Å². The van der Waals surface area contributed by atoms with Crippen LogP contribution in [0.2, 0.25) is 32.7 Å². The lowest BCUT2D eigenvalue weighted by Gasteiger charge is -2.31. The van der Waals surface area contributed by atoms with Gasteiger partial charge >= 0.3 is 0 Å². The molecule has 0 aromatic heterocycles. The van der Waals surface area contributed by atoms with Crippen molar-refractivity contribution in [3.8, 4) is 22.6 Å². The van der Waals surface area contributed by atoms with Crippen molar-refractivity contribution in [3.05, 3.63) is 119 Å². The number of aromatic hydroxyl groups is 2. The SMILES string of the molecule is C.C.C.C.C.C.CC1(C)c2ccccc2-c2ccccc21.CCc1ccccc1O.C[Si](C)(C)O[Si](C)(C)Cc1ccccc1O. The van der Waals surface area contributed by atoms with Crippen LogP contribution in [0.15, 0.2) is 97.1 Å². The molecule has 1 aliphatic carbocycles. The fourth-order valence-electron chi connectivity index (χ4n) is 5.46. The van der Waals surface area contributed by atoms with E-state index < -0.39 is 16.6 Å². The molecule has 0 unspecified atom stereocenters. The summed E-state index contributed by atoms with van der Waals surface area (Å²) in [4.78, 5) is 0. The number of phenols is 2. The maximum atomic E-state index is 9.75. The van der Waals surface area contributed by atoms with Gasteiger partial charge in [0, 0.05) is 5.41 Å². The van der Waals surface area contributed by atoms with E-state index in [1.165, 1.54) is 22.3 Å². The molecule has 0 bridgehead atoms. The first-order valence-electron chi connectivity index (χ1n) is 14.2. The highest BCUT2D eigenvalue weighted by atomic mass is 28.4. The minimum atomic E-state index is -1.71. The molecule has 0 heterocycles. The smallest absolute Gasteiger partial charge is 0.177 e. The maximum absolute atomic E-state index is 9.75. The van der Waals surface area contributed by atoms with E-state index in [4.69, 9.17) is 9.22 Å². The van der Waals surface area contributed by atoms with Crippen LogP contribution in [-0.4, -0.2) is 26.8 Å². The van der Waals surface area contributed by atoms with E-state index in [0.29, 0.717) is 11.5 Å². The fraction of sp³-hybridized carbons (Fsp3) is 0.415. The highest BCUT2D eigenvalue weighted by Gasteiger charge is 2.34. The number of rotatable bonds is 5. The van der Waals surface area contributed by atoms with E-state index in [-0.39, 0.29) is 50.0 Å². The molecule has 5 rings (SSSR count). The largest absolute Gasteiger partial charge is 0.508 e. The molecule has 0 fully saturated rings. The van der Waals surface area contributed by atoms with Gasteiger partial charge in [0.25, 0.3) is 0 Å². The predicted octanol–water partition coefficient (Wildman–Crippen LogP) is 13.3. The van der Waals surface area contributed by atoms with Crippen LogP contribution in [0.25, 0.3) is 11.1 Å². The number of hydrogen-bond donors (Lipinski definition) is 2. The van der Waals surface area contributed by atoms with Crippen molar-refractivity contribution in [1.82, 2.24) is 0 Å². The second kappa shape index (κ2) is 20.9. The predicted molar refractivity (Wildman–Crippen MR) is 216 cm³/mol. The van der Waals surface area contributed by atoms with Gasteiger partial charge in [0.1, 0.15) is 11.5 Å². The van der Waals surface area contributed by atoms with Gasteiger partial charge < -0.3 is 14.3 Å². The molecular weight excluding hydrogens is 597 g/mol. The third-order valence-corrected chi connectivity index (χ3v) is 12.9. The zero-order chi connectivity index (χ0) is 29.6. The Kier molecular flexibility index (Phi) is 22.6. The van der Waals surface area contributed by atoms with Gasteiger partial charge in [-0.2, -0.15) is 0 Å². The molecule has 4 aromatic rings. The van der Waals surface area contributed by atoms with Crippen LogP contribution in [0.3, 0.4) is 0 Å². The zero-order valence-corrected chi connectivity index (χ0v) is 27.5. The van der Waals surface area contributed by atoms with Crippen molar-refractivity contribution in [2.24, 2.45) is 0 Å². The highest BCUT2D eigenvalue weighted by molar-refractivity contribution is 6.84. The number of para-hydroxylation sites is 2. The first-order chi connectivity index (χ1) is 18.7. The van der Waals surface area contributed by atoms with Crippen LogP contribution in [0, 0.1) is 0 Å². The molecule has 4 aromatic carbocycles. The van der Waals surface area contributed by atoms with Crippen LogP contribution in [0.5, 0.6) is 11.5 Å². The molecule has 46 heavy (non-hydrogen) atoms. The second-order valence-corrected chi connectivity index (χ2v) is 21.4. The first kappa shape index (κ1) is 49.7. The van der Waals surface area contributed by atoms with Crippen molar-refractivity contribution in [2.45, 2.75) is 116 Å². The van der Waals surface area contributed by atoms with E-state index in [1.807, 2.05) is 43.3 Å². The molecule has 5 heteroatoms. The molecular formula is C41H70O3Si2. The molecule has 1 aliphatic rings. The minimum absolute atomic E-state index is 0. The molecule has 0 amide bonds. The Morgan fingerprint density at radius 3 is 1.24 bits per heavy atom. The van der Waals surface area contributed by atoms with Crippen LogP contribution in [0.4, 0.5) is 0 Å². The average molecular weight is 667 g/mol. The summed E-state index contributed by atoms with van der Waals surface area (Å²) in [6, 6.07) is 33.3. The summed E-state index contributed by atoms with van der Waals surface area (Å²) in [6.07, 6.45) is 0.896. The van der Waals surface area contributed by atoms with Crippen LogP contribution in [-0.2, 0) is 22.0 Å². The summed E-state index contributed by atoms with van der Waals surface area (Å²) in [5.41, 5.74) is 7.89. The van der Waals surface area contributed by atoms with E-state index in [2.05, 4.69) is 95.1 Å². The minimum Gasteiger partial charge on any atom is -0.508 e. The van der Waals surface area contributed by atoms with E-state index in [9.17, 15) is 5.11 Å². The van der Waals surface area contributed by atoms with Crippen LogP contribution in [0.1, 0.15) is 87.6 Å². The number of hydrogen-bond acceptors (Lipinski definition) is 3. The van der Waals surface area contributed by atoms with Crippen molar-refractivity contribution >= 4 is 16.6 Å². The van der Waals surface area contributed by atoms with Crippen molar-refractivity contribution in [3.63, 3.8) is 0 Å². The molecule has 260 valence electrons. The van der Waals surface area contributed by atoms with Crippen molar-refractivity contribution < 1.29 is 14.3 Å². The van der Waals surface area contributed by atoms with Gasteiger partial charge in [0.05, 0.1) is 0 Å². The number of benzene rings is 4. The van der Waals surface area contributed by atoms with Crippen molar-refractivity contribution in [1.29, 1.82) is 0 Å². The Morgan fingerprint density at radius 1 is 0.543 bits per heavy atom. The van der Waals surface area contributed by atoms with E-state index in [0.717, 1.165) is 23.6 Å². The maximum Gasteiger partial charge on any atom is 0.177 e. The monoisotopic (exact) mass is 666 g/mol. The lowest BCUT2D eigenvalue weighted by atomic mass is 9.82. The Bertz CT molecular complexity index is 1360. The van der Waals surface area contributed by atoms with Crippen LogP contribution < -0.4 is 0 Å². The second-order valence-electron chi connectivity index (χ2n) is 12.5. The van der Waals surface area contributed by atoms with Gasteiger partial charge in [-0.3, -0.25) is 0 Å². The summed E-state index contributed by atoms with van der Waals surface area (Å²) in [5, 5.41) is 18.9. The van der Waals surface area contributed by atoms with Crippen molar-refractivity contribution in [2.75, 3.05) is 0 Å². The highest BCUT2D eigenvalue weighted by Crippen LogP contribution is 2.48. The van der Waals surface area contributed by atoms with E-state index >= 15 is 0 Å². The quantitative estimate of drug-likeness (QED) is 0.208. The molecule has 0 saturated heterocycles. The summed E-state index contributed by atoms with van der Waals surface area (Å²) in [6.45, 7) is 17.7. The topological polar surface area (TPSA) is 49.7 Å². The lowest BCUT2D eigenvalue weighted by molar-refractivity contribution is 0.467. The summed E-state index contributed by atoms with van der Waals surface area (Å²) in [5.74, 6) is 0.794. The summed E-state index contributed by atoms with van der Waals surface area (Å²) < 4.78 is 6.25. The summed E-state index contributed by atoms with van der Waals surface area (Å²) >= 11 is 0. The molecule has 0 spiro atoms. The molecule has 0 atom stereocenters. The lowest BCUT2D eigenvalue weighted by Crippen LogP contribution is -2.44. The standard InChI is InChI=1S/C15H14.C12H22O2Si2.C8H10O.6CH4/c1-15(2)13-9-5-3-7-11(13)12-8-4-6-10-14(12)15;1-15(2,3)14-16(4,5)10-11-8-6-7-9-12(11)13;1-2-7-5-3-4-6-8(7)9;;;;;;/h3-10H,1-2H3;6-9,13H,10H2,1-5H3;3-6,9H,2H2,1H3;6*1H4. The van der Waals surface area contributed by atoms with Gasteiger partial charge in [-0.1, -0.05) is 150 Å². The van der Waals surface area contributed by atoms with Crippen LogP contribution >= 0.6 is 0 Å². The Hall–Kier alpha value is -3.13. The van der Waals surface area contributed by atoms with Gasteiger partial charge in [-0.05, 0) is 90.7 Å². The Morgan fingerprint density at radius 2 is 0.891 bits per heavy atom.